The fourth-order valence-electron chi connectivity index (χ4n) is 4.16. The molecule has 2 fully saturated rings. The third-order valence-electron chi connectivity index (χ3n) is 5.01. The van der Waals surface area contributed by atoms with Gasteiger partial charge in [0.2, 0.25) is 0 Å². The van der Waals surface area contributed by atoms with Crippen LogP contribution in [0.25, 0.3) is 0 Å². The molecule has 2 heterocycles. The van der Waals surface area contributed by atoms with Crippen molar-refractivity contribution in [3.63, 3.8) is 0 Å². The zero-order chi connectivity index (χ0) is 24.3. The summed E-state index contributed by atoms with van der Waals surface area (Å²) in [5.74, 6) is 0. The van der Waals surface area contributed by atoms with Crippen molar-refractivity contribution in [1.29, 1.82) is 0 Å². The van der Waals surface area contributed by atoms with Crippen LogP contribution in [0, 0.1) is 0 Å². The summed E-state index contributed by atoms with van der Waals surface area (Å²) in [7, 11) is -5.51. The van der Waals surface area contributed by atoms with E-state index in [1.54, 1.807) is 0 Å². The molecule has 0 bridgehead atoms. The number of rotatable bonds is 10. The molecule has 0 radical (unpaired) electrons. The van der Waals surface area contributed by atoms with E-state index >= 15 is 0 Å². The lowest BCUT2D eigenvalue weighted by atomic mass is 10.0. The van der Waals surface area contributed by atoms with Crippen molar-refractivity contribution in [1.82, 2.24) is 0 Å². The number of hydrogen-bond donors (Lipinski definition) is 2. The molecule has 190 valence electrons. The lowest BCUT2D eigenvalue weighted by Gasteiger charge is -2.46. The van der Waals surface area contributed by atoms with Crippen LogP contribution in [0.2, 0.25) is 58.9 Å². The minimum atomic E-state index is -1.89. The van der Waals surface area contributed by atoms with Crippen molar-refractivity contribution < 1.29 is 37.7 Å². The van der Waals surface area contributed by atoms with Crippen molar-refractivity contribution in [3.05, 3.63) is 0 Å². The Labute approximate surface area is 197 Å². The Bertz CT molecular complexity index is 575. The van der Waals surface area contributed by atoms with E-state index in [0.29, 0.717) is 19.3 Å². The maximum atomic E-state index is 10.1. The van der Waals surface area contributed by atoms with E-state index in [2.05, 4.69) is 58.9 Å². The van der Waals surface area contributed by atoms with Gasteiger partial charge in [-0.2, -0.15) is 0 Å². The molecule has 7 atom stereocenters. The van der Waals surface area contributed by atoms with Crippen LogP contribution < -0.4 is 0 Å². The van der Waals surface area contributed by atoms with Gasteiger partial charge in [0.15, 0.2) is 37.5 Å². The standard InChI is InChI=1S/C21H46O8Si3/c1-30(2,3)27-15-10-16(13-22)24-19(11-15)26-20-12-17(28-31(4,5)6)21(18(14-23)25-20)29-32(7,8)9/h15-23H,10-14H2,1-9H3/t15?,16-,17?,18+,19?,20+,21?/m0/s1. The van der Waals surface area contributed by atoms with Gasteiger partial charge >= 0.3 is 0 Å². The number of aliphatic hydroxyl groups excluding tert-OH is 2. The van der Waals surface area contributed by atoms with Crippen LogP contribution in [0.3, 0.4) is 0 Å². The smallest absolute Gasteiger partial charge is 0.184 e. The first-order valence-corrected chi connectivity index (χ1v) is 22.0. The van der Waals surface area contributed by atoms with Crippen LogP contribution in [0.4, 0.5) is 0 Å². The first-order chi connectivity index (χ1) is 14.6. The van der Waals surface area contributed by atoms with Crippen LogP contribution >= 0.6 is 0 Å². The Hall–Kier alpha value is 0.331. The summed E-state index contributed by atoms with van der Waals surface area (Å²) in [5, 5.41) is 19.8. The monoisotopic (exact) mass is 510 g/mol. The van der Waals surface area contributed by atoms with Gasteiger partial charge in [-0.15, -0.1) is 0 Å². The molecule has 2 N–H and O–H groups in total. The van der Waals surface area contributed by atoms with Crippen molar-refractivity contribution in [3.8, 4) is 0 Å². The van der Waals surface area contributed by atoms with Crippen molar-refractivity contribution in [2.75, 3.05) is 13.2 Å². The minimum Gasteiger partial charge on any atom is -0.414 e. The fraction of sp³-hybridized carbons (Fsp3) is 1.00. The lowest BCUT2D eigenvalue weighted by Crippen LogP contribution is -2.58. The molecule has 2 aliphatic rings. The van der Waals surface area contributed by atoms with Crippen molar-refractivity contribution >= 4 is 25.0 Å². The Morgan fingerprint density at radius 2 is 1.25 bits per heavy atom. The molecule has 32 heavy (non-hydrogen) atoms. The predicted octanol–water partition coefficient (Wildman–Crippen LogP) is 3.27. The summed E-state index contributed by atoms with van der Waals surface area (Å²) in [6.07, 6.45) is -0.853. The minimum absolute atomic E-state index is 0.0215. The van der Waals surface area contributed by atoms with E-state index in [0.717, 1.165) is 0 Å². The molecular weight excluding hydrogens is 464 g/mol. The summed E-state index contributed by atoms with van der Waals surface area (Å²) in [4.78, 5) is 0. The molecule has 8 nitrogen and oxygen atoms in total. The summed E-state index contributed by atoms with van der Waals surface area (Å²) in [6, 6.07) is 0. The van der Waals surface area contributed by atoms with E-state index in [1.165, 1.54) is 0 Å². The third kappa shape index (κ3) is 9.90. The summed E-state index contributed by atoms with van der Waals surface area (Å²) in [6.45, 7) is 19.0. The van der Waals surface area contributed by atoms with Crippen LogP contribution in [0.15, 0.2) is 0 Å². The quantitative estimate of drug-likeness (QED) is 0.432. The van der Waals surface area contributed by atoms with Gasteiger partial charge in [-0.3, -0.25) is 0 Å². The second kappa shape index (κ2) is 11.4. The Morgan fingerprint density at radius 1 is 0.688 bits per heavy atom. The SMILES string of the molecule is C[Si](C)(C)OC1CC(O[C@@H]2CC(O[Si](C)(C)C)C(O[Si](C)(C)C)[C@@H](CO)O2)O[C@H](CO)C1. The van der Waals surface area contributed by atoms with E-state index in [1.807, 2.05) is 0 Å². The molecule has 0 aromatic carbocycles. The number of hydrogen-bond acceptors (Lipinski definition) is 8. The molecule has 11 heteroatoms. The van der Waals surface area contributed by atoms with Crippen molar-refractivity contribution in [2.45, 2.75) is 121 Å². The summed E-state index contributed by atoms with van der Waals surface area (Å²) in [5.41, 5.74) is 0. The fourth-order valence-corrected chi connectivity index (χ4v) is 7.61. The molecule has 2 aliphatic heterocycles. The highest BCUT2D eigenvalue weighted by molar-refractivity contribution is 6.70. The van der Waals surface area contributed by atoms with Crippen LogP contribution in [-0.2, 0) is 27.5 Å². The third-order valence-corrected chi connectivity index (χ3v) is 8.04. The maximum Gasteiger partial charge on any atom is 0.184 e. The number of ether oxygens (including phenoxy) is 3. The van der Waals surface area contributed by atoms with Gasteiger partial charge in [0.1, 0.15) is 6.10 Å². The van der Waals surface area contributed by atoms with Gasteiger partial charge in [0, 0.05) is 19.3 Å². The lowest BCUT2D eigenvalue weighted by molar-refractivity contribution is -0.320. The molecule has 0 aromatic rings. The Balaban J connectivity index is 2.13. The molecule has 0 spiro atoms. The molecule has 4 unspecified atom stereocenters. The highest BCUT2D eigenvalue weighted by Crippen LogP contribution is 2.33. The van der Waals surface area contributed by atoms with Crippen molar-refractivity contribution in [2.24, 2.45) is 0 Å². The van der Waals surface area contributed by atoms with Gasteiger partial charge in [0.25, 0.3) is 0 Å². The van der Waals surface area contributed by atoms with Gasteiger partial charge in [0.05, 0.1) is 37.6 Å². The van der Waals surface area contributed by atoms with Gasteiger partial charge in [-0.25, -0.2) is 0 Å². The highest BCUT2D eigenvalue weighted by atomic mass is 28.4. The average Bonchev–Trinajstić information content (AvgIpc) is 2.59. The summed E-state index contributed by atoms with van der Waals surface area (Å²) < 4.78 is 37.5. The van der Waals surface area contributed by atoms with Crippen LogP contribution in [0.1, 0.15) is 19.3 Å². The normalized spacial score (nSPS) is 35.2. The molecular formula is C21H46O8Si3. The molecule has 0 aliphatic carbocycles. The van der Waals surface area contributed by atoms with Crippen LogP contribution in [-0.4, -0.2) is 91.5 Å². The van der Waals surface area contributed by atoms with Gasteiger partial charge < -0.3 is 37.7 Å². The molecule has 0 amide bonds. The maximum absolute atomic E-state index is 10.1. The molecule has 2 rings (SSSR count). The first kappa shape index (κ1) is 28.6. The second-order valence-electron chi connectivity index (χ2n) is 11.8. The topological polar surface area (TPSA) is 95.8 Å². The van der Waals surface area contributed by atoms with E-state index in [9.17, 15) is 10.2 Å². The van der Waals surface area contributed by atoms with Crippen LogP contribution in [0.5, 0.6) is 0 Å². The zero-order valence-electron chi connectivity index (χ0n) is 21.4. The Morgan fingerprint density at radius 3 is 1.75 bits per heavy atom. The van der Waals surface area contributed by atoms with Gasteiger partial charge in [-0.1, -0.05) is 0 Å². The summed E-state index contributed by atoms with van der Waals surface area (Å²) >= 11 is 0. The zero-order valence-corrected chi connectivity index (χ0v) is 24.4. The average molecular weight is 511 g/mol. The number of aliphatic hydroxyl groups is 2. The molecule has 0 aromatic heterocycles. The van der Waals surface area contributed by atoms with E-state index in [4.69, 9.17) is 27.5 Å². The predicted molar refractivity (Wildman–Crippen MR) is 131 cm³/mol. The first-order valence-electron chi connectivity index (χ1n) is 11.8. The van der Waals surface area contributed by atoms with E-state index in [-0.39, 0.29) is 37.6 Å². The molecule has 2 saturated heterocycles. The Kier molecular flexibility index (Phi) is 10.2. The highest BCUT2D eigenvalue weighted by Gasteiger charge is 2.45. The van der Waals surface area contributed by atoms with E-state index < -0.39 is 43.6 Å². The largest absolute Gasteiger partial charge is 0.414 e. The van der Waals surface area contributed by atoms with Gasteiger partial charge in [-0.05, 0) is 58.9 Å². The molecule has 0 saturated carbocycles. The second-order valence-corrected chi connectivity index (χ2v) is 25.2.